The van der Waals surface area contributed by atoms with Crippen LogP contribution in [0.15, 0.2) is 48.7 Å². The fraction of sp³-hybridized carbons (Fsp3) is 0.133. The van der Waals surface area contributed by atoms with E-state index in [1.165, 1.54) is 10.8 Å². The molecule has 0 fully saturated rings. The molecule has 0 amide bonds. The molecule has 96 valence electrons. The topological polar surface area (TPSA) is 42.2 Å². The molecule has 4 heteroatoms. The number of nitrogens with zero attached hydrogens (tertiary/aromatic N) is 2. The average Bonchev–Trinajstić information content (AvgIpc) is 2.95. The van der Waals surface area contributed by atoms with Gasteiger partial charge in [0.2, 0.25) is 0 Å². The molecule has 3 nitrogen and oxygen atoms in total. The lowest BCUT2D eigenvalue weighted by molar-refractivity contribution is 1.09. The smallest absolute Gasteiger partial charge is 0.189 e. The second-order valence-electron chi connectivity index (χ2n) is 4.37. The van der Waals surface area contributed by atoms with Crippen molar-refractivity contribution < 1.29 is 0 Å². The summed E-state index contributed by atoms with van der Waals surface area (Å²) in [5, 5.41) is 3.44. The lowest BCUT2D eigenvalue weighted by Gasteiger charge is -2.18. The summed E-state index contributed by atoms with van der Waals surface area (Å²) in [6.45, 7) is 0.543. The Morgan fingerprint density at radius 1 is 1.16 bits per heavy atom. The highest BCUT2D eigenvalue weighted by Gasteiger charge is 2.11. The number of aromatic nitrogens is 1. The third-order valence-corrected chi connectivity index (χ3v) is 4.25. The summed E-state index contributed by atoms with van der Waals surface area (Å²) in [7, 11) is 2.04. The van der Waals surface area contributed by atoms with Gasteiger partial charge >= 0.3 is 0 Å². The molecule has 0 aliphatic carbocycles. The molecule has 0 aliphatic rings. The minimum Gasteiger partial charge on any atom is -0.326 e. The zero-order chi connectivity index (χ0) is 13.2. The molecule has 2 aromatic carbocycles. The monoisotopic (exact) mass is 269 g/mol. The number of rotatable bonds is 3. The van der Waals surface area contributed by atoms with Crippen molar-refractivity contribution in [1.82, 2.24) is 4.98 Å². The summed E-state index contributed by atoms with van der Waals surface area (Å²) in [6, 6.07) is 14.7. The van der Waals surface area contributed by atoms with Crippen LogP contribution < -0.4 is 10.6 Å². The zero-order valence-corrected chi connectivity index (χ0v) is 11.5. The summed E-state index contributed by atoms with van der Waals surface area (Å²) in [5.74, 6) is 0. The Kier molecular flexibility index (Phi) is 3.19. The number of hydrogen-bond acceptors (Lipinski definition) is 4. The van der Waals surface area contributed by atoms with E-state index < -0.39 is 0 Å². The van der Waals surface area contributed by atoms with E-state index in [1.54, 1.807) is 11.3 Å². The second kappa shape index (κ2) is 4.99. The molecule has 2 N–H and O–H groups in total. The summed E-state index contributed by atoms with van der Waals surface area (Å²) >= 11 is 1.63. The first-order chi connectivity index (χ1) is 9.29. The van der Waals surface area contributed by atoms with Gasteiger partial charge in [0, 0.05) is 30.1 Å². The molecule has 0 saturated carbocycles. The Hall–Kier alpha value is -1.91. The zero-order valence-electron chi connectivity index (χ0n) is 10.7. The Morgan fingerprint density at radius 3 is 2.74 bits per heavy atom. The number of anilines is 2. The van der Waals surface area contributed by atoms with E-state index in [1.807, 2.05) is 13.2 Å². The summed E-state index contributed by atoms with van der Waals surface area (Å²) < 4.78 is 0. The molecule has 0 unspecified atom stereocenters. The van der Waals surface area contributed by atoms with E-state index >= 15 is 0 Å². The Morgan fingerprint density at radius 2 is 1.95 bits per heavy atom. The van der Waals surface area contributed by atoms with Crippen LogP contribution in [0, 0.1) is 0 Å². The van der Waals surface area contributed by atoms with Crippen molar-refractivity contribution in [3.05, 3.63) is 53.5 Å². The molecule has 0 spiro atoms. The molecule has 1 aromatic heterocycles. The van der Waals surface area contributed by atoms with Gasteiger partial charge in [-0.2, -0.15) is 0 Å². The normalized spacial score (nSPS) is 10.8. The quantitative estimate of drug-likeness (QED) is 0.791. The van der Waals surface area contributed by atoms with Crippen LogP contribution in [0.25, 0.3) is 10.8 Å². The number of fused-ring (bicyclic) bond motifs is 1. The lowest BCUT2D eigenvalue weighted by atomic mass is 10.1. The first-order valence-corrected chi connectivity index (χ1v) is 6.97. The van der Waals surface area contributed by atoms with E-state index in [2.05, 4.69) is 52.3 Å². The van der Waals surface area contributed by atoms with Crippen LogP contribution >= 0.6 is 11.3 Å². The van der Waals surface area contributed by atoms with Crippen molar-refractivity contribution in [2.75, 3.05) is 11.9 Å². The van der Waals surface area contributed by atoms with Crippen molar-refractivity contribution in [3.63, 3.8) is 0 Å². The summed E-state index contributed by atoms with van der Waals surface area (Å²) in [6.07, 6.45) is 1.85. The highest BCUT2D eigenvalue weighted by atomic mass is 32.1. The van der Waals surface area contributed by atoms with Crippen molar-refractivity contribution >= 4 is 32.9 Å². The van der Waals surface area contributed by atoms with Gasteiger partial charge in [0.15, 0.2) is 5.13 Å². The Balaban J connectivity index is 2.08. The van der Waals surface area contributed by atoms with Gasteiger partial charge in [-0.3, -0.25) is 0 Å². The largest absolute Gasteiger partial charge is 0.326 e. The molecule has 0 aliphatic heterocycles. The van der Waals surface area contributed by atoms with Crippen LogP contribution in [-0.4, -0.2) is 12.0 Å². The lowest BCUT2D eigenvalue weighted by Crippen LogP contribution is -2.09. The molecule has 0 radical (unpaired) electrons. The van der Waals surface area contributed by atoms with Crippen LogP contribution in [0.3, 0.4) is 0 Å². The molecule has 1 heterocycles. The number of hydrogen-bond donors (Lipinski definition) is 1. The van der Waals surface area contributed by atoms with Crippen LogP contribution in [0.5, 0.6) is 0 Å². The fourth-order valence-corrected chi connectivity index (χ4v) is 2.91. The van der Waals surface area contributed by atoms with Gasteiger partial charge in [-0.25, -0.2) is 4.98 Å². The first kappa shape index (κ1) is 12.1. The second-order valence-corrected chi connectivity index (χ2v) is 5.46. The van der Waals surface area contributed by atoms with Crippen LogP contribution in [-0.2, 0) is 6.54 Å². The molecule has 0 bridgehead atoms. The third-order valence-electron chi connectivity index (χ3n) is 3.16. The van der Waals surface area contributed by atoms with Crippen LogP contribution in [0.2, 0.25) is 0 Å². The van der Waals surface area contributed by atoms with Gasteiger partial charge in [-0.15, -0.1) is 11.3 Å². The molecule has 0 saturated heterocycles. The van der Waals surface area contributed by atoms with E-state index in [-0.39, 0.29) is 0 Å². The van der Waals surface area contributed by atoms with Crippen LogP contribution in [0.1, 0.15) is 4.88 Å². The van der Waals surface area contributed by atoms with Crippen LogP contribution in [0.4, 0.5) is 10.8 Å². The minimum absolute atomic E-state index is 0.543. The molecular weight excluding hydrogens is 254 g/mol. The number of benzene rings is 2. The van der Waals surface area contributed by atoms with Gasteiger partial charge < -0.3 is 10.6 Å². The summed E-state index contributed by atoms with van der Waals surface area (Å²) in [5.41, 5.74) is 6.81. The Labute approximate surface area is 116 Å². The fourth-order valence-electron chi connectivity index (χ4n) is 2.15. The maximum Gasteiger partial charge on any atom is 0.189 e. The van der Waals surface area contributed by atoms with Gasteiger partial charge in [0.1, 0.15) is 0 Å². The maximum absolute atomic E-state index is 5.64. The SMILES string of the molecule is CN(c1ncc(CN)s1)c1cccc2ccccc12. The summed E-state index contributed by atoms with van der Waals surface area (Å²) in [4.78, 5) is 7.65. The number of nitrogens with two attached hydrogens (primary N) is 1. The molecule has 0 atom stereocenters. The predicted octanol–water partition coefficient (Wildman–Crippen LogP) is 3.52. The van der Waals surface area contributed by atoms with Crippen molar-refractivity contribution in [2.45, 2.75) is 6.54 Å². The van der Waals surface area contributed by atoms with Crippen molar-refractivity contribution in [1.29, 1.82) is 0 Å². The van der Waals surface area contributed by atoms with Gasteiger partial charge in [-0.1, -0.05) is 36.4 Å². The van der Waals surface area contributed by atoms with E-state index in [4.69, 9.17) is 5.73 Å². The highest BCUT2D eigenvalue weighted by molar-refractivity contribution is 7.15. The van der Waals surface area contributed by atoms with Gasteiger partial charge in [0.25, 0.3) is 0 Å². The molecule has 19 heavy (non-hydrogen) atoms. The molecular formula is C15H15N3S. The highest BCUT2D eigenvalue weighted by Crippen LogP contribution is 2.32. The van der Waals surface area contributed by atoms with E-state index in [0.29, 0.717) is 6.54 Å². The van der Waals surface area contributed by atoms with E-state index in [0.717, 1.165) is 15.7 Å². The van der Waals surface area contributed by atoms with Crippen molar-refractivity contribution in [3.8, 4) is 0 Å². The predicted molar refractivity (Wildman–Crippen MR) is 82.0 cm³/mol. The first-order valence-electron chi connectivity index (χ1n) is 6.16. The maximum atomic E-state index is 5.64. The van der Waals surface area contributed by atoms with Gasteiger partial charge in [0.05, 0.1) is 5.69 Å². The molecule has 3 rings (SSSR count). The molecule has 3 aromatic rings. The standard InChI is InChI=1S/C15H15N3S/c1-18(15-17-10-12(9-16)19-15)14-8-4-6-11-5-2-3-7-13(11)14/h2-8,10H,9,16H2,1H3. The van der Waals surface area contributed by atoms with Crippen molar-refractivity contribution in [2.24, 2.45) is 5.73 Å². The average molecular weight is 269 g/mol. The number of thiazole rings is 1. The Bertz CT molecular complexity index is 700. The van der Waals surface area contributed by atoms with E-state index in [9.17, 15) is 0 Å². The van der Waals surface area contributed by atoms with Gasteiger partial charge in [-0.05, 0) is 11.5 Å². The minimum atomic E-state index is 0.543. The third kappa shape index (κ3) is 2.20.